The first-order chi connectivity index (χ1) is 14.0. The summed E-state index contributed by atoms with van der Waals surface area (Å²) in [5, 5.41) is 3.10. The predicted octanol–water partition coefficient (Wildman–Crippen LogP) is 3.83. The van der Waals surface area contributed by atoms with Crippen LogP contribution >= 0.6 is 11.3 Å². The van der Waals surface area contributed by atoms with Crippen molar-refractivity contribution in [3.63, 3.8) is 0 Å². The second kappa shape index (κ2) is 8.37. The Morgan fingerprint density at radius 2 is 2.03 bits per heavy atom. The van der Waals surface area contributed by atoms with Crippen LogP contribution < -0.4 is 15.6 Å². The van der Waals surface area contributed by atoms with Gasteiger partial charge in [0.25, 0.3) is 5.56 Å². The van der Waals surface area contributed by atoms with Crippen molar-refractivity contribution in [3.05, 3.63) is 47.0 Å². The molecule has 3 aromatic rings. The van der Waals surface area contributed by atoms with Gasteiger partial charge < -0.3 is 10.1 Å². The average Bonchev–Trinajstić information content (AvgIpc) is 3.17. The molecule has 29 heavy (non-hydrogen) atoms. The Kier molecular flexibility index (Phi) is 5.67. The normalized spacial score (nSPS) is 19.2. The van der Waals surface area contributed by atoms with Crippen LogP contribution in [-0.4, -0.2) is 28.6 Å². The lowest BCUT2D eigenvalue weighted by atomic mass is 9.86. The quantitative estimate of drug-likeness (QED) is 0.693. The Hall–Kier alpha value is -2.67. The monoisotopic (exact) mass is 411 g/mol. The maximum absolute atomic E-state index is 12.9. The number of ether oxygens (including phenoxy) is 1. The largest absolute Gasteiger partial charge is 0.497 e. The molecule has 4 rings (SSSR count). The molecule has 1 aliphatic carbocycles. The van der Waals surface area contributed by atoms with E-state index in [0.717, 1.165) is 35.5 Å². The van der Waals surface area contributed by atoms with Crippen LogP contribution in [0.3, 0.4) is 0 Å². The number of carbonyl (C=O) groups is 1. The summed E-state index contributed by atoms with van der Waals surface area (Å²) in [6.07, 6.45) is 5.99. The van der Waals surface area contributed by atoms with Gasteiger partial charge in [-0.2, -0.15) is 0 Å². The number of nitrogens with zero attached hydrogens (tertiary/aromatic N) is 2. The minimum atomic E-state index is -0.174. The van der Waals surface area contributed by atoms with Crippen LogP contribution in [0.1, 0.15) is 32.6 Å². The van der Waals surface area contributed by atoms with E-state index in [1.54, 1.807) is 7.11 Å². The maximum atomic E-state index is 12.9. The summed E-state index contributed by atoms with van der Waals surface area (Å²) >= 11 is 1.40. The molecule has 152 valence electrons. The van der Waals surface area contributed by atoms with E-state index in [1.165, 1.54) is 28.7 Å². The standard InChI is InChI=1S/C22H25N3O3S/c1-14-5-3-4-6-17(14)24-20(26)12-25-13-23-18-11-19(29-21(18)22(25)27)15-7-9-16(28-2)10-8-15/h7-11,13-14,17H,3-6,12H2,1-2H3,(H,24,26)/t14-,17+/m1/s1. The molecule has 7 heteroatoms. The molecule has 1 aliphatic rings. The second-order valence-electron chi connectivity index (χ2n) is 7.67. The summed E-state index contributed by atoms with van der Waals surface area (Å²) in [5.74, 6) is 1.14. The van der Waals surface area contributed by atoms with Gasteiger partial charge in [0.2, 0.25) is 5.91 Å². The van der Waals surface area contributed by atoms with Gasteiger partial charge in [0.15, 0.2) is 0 Å². The molecule has 0 bridgehead atoms. The van der Waals surface area contributed by atoms with Crippen molar-refractivity contribution >= 4 is 27.5 Å². The first-order valence-electron chi connectivity index (χ1n) is 9.98. The molecule has 0 unspecified atom stereocenters. The highest BCUT2D eigenvalue weighted by atomic mass is 32.1. The Morgan fingerprint density at radius 3 is 2.76 bits per heavy atom. The molecule has 2 aromatic heterocycles. The molecule has 0 saturated heterocycles. The number of rotatable bonds is 5. The Balaban J connectivity index is 1.54. The number of carbonyl (C=O) groups excluding carboxylic acids is 1. The van der Waals surface area contributed by atoms with E-state index < -0.39 is 0 Å². The van der Waals surface area contributed by atoms with Gasteiger partial charge in [-0.3, -0.25) is 14.2 Å². The van der Waals surface area contributed by atoms with Crippen LogP contribution in [0.5, 0.6) is 5.75 Å². The van der Waals surface area contributed by atoms with Crippen molar-refractivity contribution in [1.29, 1.82) is 0 Å². The molecule has 1 amide bonds. The minimum absolute atomic E-state index is 0.000756. The first-order valence-corrected chi connectivity index (χ1v) is 10.8. The fourth-order valence-electron chi connectivity index (χ4n) is 3.89. The van der Waals surface area contributed by atoms with Gasteiger partial charge in [0.1, 0.15) is 17.0 Å². The zero-order chi connectivity index (χ0) is 20.4. The zero-order valence-electron chi connectivity index (χ0n) is 16.7. The first kappa shape index (κ1) is 19.6. The fraction of sp³-hybridized carbons (Fsp3) is 0.409. The molecule has 1 aromatic carbocycles. The highest BCUT2D eigenvalue weighted by Gasteiger charge is 2.23. The molecular weight excluding hydrogens is 386 g/mol. The van der Waals surface area contributed by atoms with E-state index in [4.69, 9.17) is 4.74 Å². The number of fused-ring (bicyclic) bond motifs is 1. The van der Waals surface area contributed by atoms with Crippen molar-refractivity contribution in [2.24, 2.45) is 5.92 Å². The number of hydrogen-bond donors (Lipinski definition) is 1. The van der Waals surface area contributed by atoms with Crippen molar-refractivity contribution < 1.29 is 9.53 Å². The van der Waals surface area contributed by atoms with Gasteiger partial charge in [-0.15, -0.1) is 11.3 Å². The summed E-state index contributed by atoms with van der Waals surface area (Å²) in [4.78, 5) is 30.8. The van der Waals surface area contributed by atoms with Crippen molar-refractivity contribution in [3.8, 4) is 16.2 Å². The number of methoxy groups -OCH3 is 1. The summed E-state index contributed by atoms with van der Waals surface area (Å²) in [7, 11) is 1.63. The average molecular weight is 412 g/mol. The Morgan fingerprint density at radius 1 is 1.28 bits per heavy atom. The van der Waals surface area contributed by atoms with Gasteiger partial charge in [-0.05, 0) is 54.7 Å². The van der Waals surface area contributed by atoms with Crippen molar-refractivity contribution in [2.75, 3.05) is 7.11 Å². The van der Waals surface area contributed by atoms with Crippen LogP contribution in [0.4, 0.5) is 0 Å². The van der Waals surface area contributed by atoms with Gasteiger partial charge in [0.05, 0.1) is 19.0 Å². The summed E-state index contributed by atoms with van der Waals surface area (Å²) < 4.78 is 7.17. The SMILES string of the molecule is COc1ccc(-c2cc3ncn(CC(=O)N[C@H]4CCCC[C@H]4C)c(=O)c3s2)cc1. The number of hydrogen-bond acceptors (Lipinski definition) is 5. The fourth-order valence-corrected chi connectivity index (χ4v) is 4.96. The molecule has 2 atom stereocenters. The third-order valence-corrected chi connectivity index (χ3v) is 6.81. The number of nitrogens with one attached hydrogen (secondary N) is 1. The second-order valence-corrected chi connectivity index (χ2v) is 8.72. The van der Waals surface area contributed by atoms with Gasteiger partial charge >= 0.3 is 0 Å². The third kappa shape index (κ3) is 4.19. The number of benzene rings is 1. The Bertz CT molecular complexity index is 1070. The van der Waals surface area contributed by atoms with E-state index in [9.17, 15) is 9.59 Å². The topological polar surface area (TPSA) is 73.2 Å². The van der Waals surface area contributed by atoms with E-state index in [0.29, 0.717) is 16.1 Å². The molecule has 0 aliphatic heterocycles. The summed E-state index contributed by atoms with van der Waals surface area (Å²) in [6.45, 7) is 2.18. The number of amides is 1. The minimum Gasteiger partial charge on any atom is -0.497 e. The molecule has 1 fully saturated rings. The molecule has 2 heterocycles. The van der Waals surface area contributed by atoms with Gasteiger partial charge in [-0.1, -0.05) is 19.8 Å². The highest BCUT2D eigenvalue weighted by Crippen LogP contribution is 2.31. The van der Waals surface area contributed by atoms with E-state index in [2.05, 4.69) is 17.2 Å². The van der Waals surface area contributed by atoms with E-state index >= 15 is 0 Å². The van der Waals surface area contributed by atoms with Crippen molar-refractivity contribution in [1.82, 2.24) is 14.9 Å². The van der Waals surface area contributed by atoms with Crippen LogP contribution in [0, 0.1) is 5.92 Å². The summed E-state index contributed by atoms with van der Waals surface area (Å²) in [6, 6.07) is 9.82. The smallest absolute Gasteiger partial charge is 0.271 e. The van der Waals surface area contributed by atoms with Gasteiger partial charge in [-0.25, -0.2) is 4.98 Å². The molecule has 1 N–H and O–H groups in total. The number of aromatic nitrogens is 2. The molecule has 0 spiro atoms. The molecule has 1 saturated carbocycles. The Labute approximate surface area is 173 Å². The van der Waals surface area contributed by atoms with Crippen LogP contribution in [0.25, 0.3) is 20.7 Å². The number of thiophene rings is 1. The van der Waals surface area contributed by atoms with Crippen LogP contribution in [0.2, 0.25) is 0 Å². The van der Waals surface area contributed by atoms with Gasteiger partial charge in [0, 0.05) is 10.9 Å². The summed E-state index contributed by atoms with van der Waals surface area (Å²) in [5.41, 5.74) is 1.48. The molecular formula is C22H25N3O3S. The highest BCUT2D eigenvalue weighted by molar-refractivity contribution is 7.22. The maximum Gasteiger partial charge on any atom is 0.271 e. The molecule has 0 radical (unpaired) electrons. The van der Waals surface area contributed by atoms with Crippen LogP contribution in [-0.2, 0) is 11.3 Å². The van der Waals surface area contributed by atoms with Crippen molar-refractivity contribution in [2.45, 2.75) is 45.2 Å². The van der Waals surface area contributed by atoms with Crippen LogP contribution in [0.15, 0.2) is 41.5 Å². The third-order valence-electron chi connectivity index (χ3n) is 5.65. The lowest BCUT2D eigenvalue weighted by Crippen LogP contribution is -2.43. The zero-order valence-corrected chi connectivity index (χ0v) is 17.5. The lowest BCUT2D eigenvalue weighted by Gasteiger charge is -2.29. The van der Waals surface area contributed by atoms with E-state index in [-0.39, 0.29) is 24.1 Å². The van der Waals surface area contributed by atoms with E-state index in [1.807, 2.05) is 30.3 Å². The lowest BCUT2D eigenvalue weighted by molar-refractivity contribution is -0.123. The molecule has 6 nitrogen and oxygen atoms in total. The predicted molar refractivity (Wildman–Crippen MR) is 115 cm³/mol.